The van der Waals surface area contributed by atoms with E-state index >= 15 is 0 Å². The predicted octanol–water partition coefficient (Wildman–Crippen LogP) is 1.62. The third-order valence-corrected chi connectivity index (χ3v) is 3.46. The second kappa shape index (κ2) is 9.64. The van der Waals surface area contributed by atoms with Crippen LogP contribution < -0.4 is 20.1 Å². The van der Waals surface area contributed by atoms with Gasteiger partial charge in [0, 0.05) is 31.6 Å². The van der Waals surface area contributed by atoms with Crippen LogP contribution in [0.5, 0.6) is 11.5 Å². The van der Waals surface area contributed by atoms with E-state index in [-0.39, 0.29) is 17.9 Å². The van der Waals surface area contributed by atoms with Crippen LogP contribution in [0.4, 0.5) is 4.79 Å². The Hall–Kier alpha value is -2.44. The largest absolute Gasteiger partial charge is 0.493 e. The van der Waals surface area contributed by atoms with Gasteiger partial charge in [-0.3, -0.25) is 4.79 Å². The van der Waals surface area contributed by atoms with Crippen molar-refractivity contribution in [1.29, 1.82) is 0 Å². The zero-order chi connectivity index (χ0) is 18.1. The van der Waals surface area contributed by atoms with Crippen LogP contribution in [-0.2, 0) is 11.3 Å². The van der Waals surface area contributed by atoms with Crippen molar-refractivity contribution in [2.75, 3.05) is 34.4 Å². The van der Waals surface area contributed by atoms with Crippen LogP contribution in [0.3, 0.4) is 0 Å². The van der Waals surface area contributed by atoms with E-state index < -0.39 is 0 Å². The first kappa shape index (κ1) is 19.6. The number of ether oxygens (including phenoxy) is 2. The van der Waals surface area contributed by atoms with Gasteiger partial charge in [0.05, 0.1) is 20.8 Å². The van der Waals surface area contributed by atoms with E-state index in [9.17, 15) is 9.59 Å². The third kappa shape index (κ3) is 5.64. The lowest BCUT2D eigenvalue weighted by Crippen LogP contribution is -2.41. The molecule has 2 N–H and O–H groups in total. The molecule has 7 nitrogen and oxygen atoms in total. The van der Waals surface area contributed by atoms with Crippen LogP contribution in [0, 0.1) is 5.92 Å². The predicted molar refractivity (Wildman–Crippen MR) is 92.3 cm³/mol. The van der Waals surface area contributed by atoms with E-state index in [1.54, 1.807) is 32.2 Å². The molecule has 0 heterocycles. The first-order valence-corrected chi connectivity index (χ1v) is 7.87. The molecule has 0 radical (unpaired) electrons. The van der Waals surface area contributed by atoms with E-state index in [2.05, 4.69) is 10.6 Å². The number of carbonyl (C=O) groups is 2. The number of nitrogens with zero attached hydrogens (tertiary/aromatic N) is 1. The van der Waals surface area contributed by atoms with Crippen LogP contribution >= 0.6 is 0 Å². The van der Waals surface area contributed by atoms with Crippen LogP contribution in [0.25, 0.3) is 0 Å². The molecular formula is C17H27N3O4. The number of amides is 3. The Morgan fingerprint density at radius 1 is 1.12 bits per heavy atom. The maximum Gasteiger partial charge on any atom is 0.317 e. The van der Waals surface area contributed by atoms with Gasteiger partial charge in [0.2, 0.25) is 5.91 Å². The molecule has 1 aromatic carbocycles. The minimum absolute atomic E-state index is 0.0290. The Morgan fingerprint density at radius 3 is 2.38 bits per heavy atom. The fourth-order valence-electron chi connectivity index (χ4n) is 2.10. The summed E-state index contributed by atoms with van der Waals surface area (Å²) in [6.45, 7) is 4.80. The average molecular weight is 337 g/mol. The molecule has 0 saturated heterocycles. The van der Waals surface area contributed by atoms with E-state index in [0.29, 0.717) is 31.1 Å². The minimum Gasteiger partial charge on any atom is -0.493 e. The van der Waals surface area contributed by atoms with Crippen molar-refractivity contribution in [1.82, 2.24) is 15.5 Å². The molecule has 7 heteroatoms. The molecule has 0 aliphatic rings. The summed E-state index contributed by atoms with van der Waals surface area (Å²) in [6, 6.07) is 5.32. The summed E-state index contributed by atoms with van der Waals surface area (Å²) in [6.07, 6.45) is 0. The molecule has 1 rings (SSSR count). The summed E-state index contributed by atoms with van der Waals surface area (Å²) in [4.78, 5) is 25.1. The Labute approximate surface area is 143 Å². The summed E-state index contributed by atoms with van der Waals surface area (Å²) in [5.41, 5.74) is 0.850. The number of rotatable bonds is 8. The molecule has 0 atom stereocenters. The Balaban J connectivity index is 2.51. The quantitative estimate of drug-likeness (QED) is 0.707. The Morgan fingerprint density at radius 2 is 1.79 bits per heavy atom. The fourth-order valence-corrected chi connectivity index (χ4v) is 2.10. The van der Waals surface area contributed by atoms with Gasteiger partial charge in [0.15, 0.2) is 11.5 Å². The standard InChI is InChI=1S/C17H27N3O4/c1-12(2)16(21)18-9-10-19-17(22)20(3)11-13-7-6-8-14(23-4)15(13)24-5/h6-8,12H,9-11H2,1-5H3,(H,18,21)(H,19,22). The van der Waals surface area contributed by atoms with Gasteiger partial charge in [-0.1, -0.05) is 26.0 Å². The summed E-state index contributed by atoms with van der Waals surface area (Å²) in [7, 11) is 4.84. The molecule has 0 aliphatic heterocycles. The average Bonchev–Trinajstić information content (AvgIpc) is 2.57. The highest BCUT2D eigenvalue weighted by atomic mass is 16.5. The monoisotopic (exact) mass is 337 g/mol. The van der Waals surface area contributed by atoms with E-state index in [1.807, 2.05) is 26.0 Å². The van der Waals surface area contributed by atoms with Crippen LogP contribution in [0.2, 0.25) is 0 Å². The lowest BCUT2D eigenvalue weighted by Gasteiger charge is -2.20. The highest BCUT2D eigenvalue weighted by Crippen LogP contribution is 2.31. The lowest BCUT2D eigenvalue weighted by molar-refractivity contribution is -0.123. The van der Waals surface area contributed by atoms with Crippen LogP contribution in [-0.4, -0.2) is 51.2 Å². The van der Waals surface area contributed by atoms with E-state index in [1.165, 1.54) is 0 Å². The normalized spacial score (nSPS) is 10.2. The van der Waals surface area contributed by atoms with E-state index in [0.717, 1.165) is 5.56 Å². The van der Waals surface area contributed by atoms with Crippen LogP contribution in [0.15, 0.2) is 18.2 Å². The minimum atomic E-state index is -0.223. The van der Waals surface area contributed by atoms with Gasteiger partial charge >= 0.3 is 6.03 Å². The third-order valence-electron chi connectivity index (χ3n) is 3.46. The van der Waals surface area contributed by atoms with Gasteiger partial charge < -0.3 is 25.0 Å². The van der Waals surface area contributed by atoms with Crippen molar-refractivity contribution < 1.29 is 19.1 Å². The van der Waals surface area contributed by atoms with Gasteiger partial charge in [-0.15, -0.1) is 0 Å². The zero-order valence-electron chi connectivity index (χ0n) is 15.0. The first-order chi connectivity index (χ1) is 11.4. The van der Waals surface area contributed by atoms with Crippen molar-refractivity contribution in [3.8, 4) is 11.5 Å². The van der Waals surface area contributed by atoms with Crippen molar-refractivity contribution >= 4 is 11.9 Å². The topological polar surface area (TPSA) is 79.9 Å². The Kier molecular flexibility index (Phi) is 7.88. The number of para-hydroxylation sites is 1. The van der Waals surface area contributed by atoms with Crippen LogP contribution in [0.1, 0.15) is 19.4 Å². The summed E-state index contributed by atoms with van der Waals surface area (Å²) < 4.78 is 10.6. The summed E-state index contributed by atoms with van der Waals surface area (Å²) in [5.74, 6) is 1.15. The highest BCUT2D eigenvalue weighted by molar-refractivity contribution is 5.78. The second-order valence-electron chi connectivity index (χ2n) is 5.69. The zero-order valence-corrected chi connectivity index (χ0v) is 15.0. The number of nitrogens with one attached hydrogen (secondary N) is 2. The van der Waals surface area contributed by atoms with Gasteiger partial charge in [-0.25, -0.2) is 4.79 Å². The molecular weight excluding hydrogens is 310 g/mol. The molecule has 0 unspecified atom stereocenters. The van der Waals surface area contributed by atoms with Gasteiger partial charge in [-0.05, 0) is 6.07 Å². The van der Waals surface area contributed by atoms with E-state index in [4.69, 9.17) is 9.47 Å². The van der Waals surface area contributed by atoms with Gasteiger partial charge in [0.1, 0.15) is 0 Å². The number of methoxy groups -OCH3 is 2. The fraction of sp³-hybridized carbons (Fsp3) is 0.529. The molecule has 0 saturated carbocycles. The smallest absolute Gasteiger partial charge is 0.317 e. The molecule has 0 fully saturated rings. The molecule has 134 valence electrons. The number of benzene rings is 1. The summed E-state index contributed by atoms with van der Waals surface area (Å²) >= 11 is 0. The second-order valence-corrected chi connectivity index (χ2v) is 5.69. The van der Waals surface area contributed by atoms with Gasteiger partial charge in [-0.2, -0.15) is 0 Å². The molecule has 0 spiro atoms. The van der Waals surface area contributed by atoms with Crippen molar-refractivity contribution in [2.24, 2.45) is 5.92 Å². The molecule has 3 amide bonds. The summed E-state index contributed by atoms with van der Waals surface area (Å²) in [5, 5.41) is 5.51. The Bertz CT molecular complexity index is 561. The lowest BCUT2D eigenvalue weighted by atomic mass is 10.1. The van der Waals surface area contributed by atoms with Gasteiger partial charge in [0.25, 0.3) is 0 Å². The number of carbonyl (C=O) groups excluding carboxylic acids is 2. The van der Waals surface area contributed by atoms with Crippen molar-refractivity contribution in [2.45, 2.75) is 20.4 Å². The number of hydrogen-bond donors (Lipinski definition) is 2. The highest BCUT2D eigenvalue weighted by Gasteiger charge is 2.14. The molecule has 0 aromatic heterocycles. The maximum atomic E-state index is 12.1. The SMILES string of the molecule is COc1cccc(CN(C)C(=O)NCCNC(=O)C(C)C)c1OC. The molecule has 0 bridgehead atoms. The molecule has 0 aliphatic carbocycles. The van der Waals surface area contributed by atoms with Crippen molar-refractivity contribution in [3.05, 3.63) is 23.8 Å². The number of hydrogen-bond acceptors (Lipinski definition) is 4. The maximum absolute atomic E-state index is 12.1. The van der Waals surface area contributed by atoms with Crippen molar-refractivity contribution in [3.63, 3.8) is 0 Å². The molecule has 24 heavy (non-hydrogen) atoms. The molecule has 1 aromatic rings. The number of urea groups is 1. The first-order valence-electron chi connectivity index (χ1n) is 7.87.